The van der Waals surface area contributed by atoms with Crippen LogP contribution in [0, 0.1) is 0 Å². The number of para-hydroxylation sites is 1. The average molecular weight is 414 g/mol. The molecule has 0 spiro atoms. The minimum atomic E-state index is -0.575. The van der Waals surface area contributed by atoms with Crippen molar-refractivity contribution in [2.45, 2.75) is 0 Å². The van der Waals surface area contributed by atoms with Crippen molar-refractivity contribution in [1.82, 2.24) is 4.90 Å². The predicted octanol–water partition coefficient (Wildman–Crippen LogP) is 3.08. The first-order valence-corrected chi connectivity index (χ1v) is 9.30. The minimum absolute atomic E-state index is 0.150. The smallest absolute Gasteiger partial charge is 0.294 e. The maximum Gasteiger partial charge on any atom is 0.294 e. The van der Waals surface area contributed by atoms with Crippen LogP contribution in [0.25, 0.3) is 6.08 Å². The lowest BCUT2D eigenvalue weighted by Gasteiger charge is -2.12. The van der Waals surface area contributed by atoms with E-state index in [1.807, 2.05) is 6.07 Å². The summed E-state index contributed by atoms with van der Waals surface area (Å²) in [6, 6.07) is 11.8. The molecule has 1 fully saturated rings. The van der Waals surface area contributed by atoms with Crippen molar-refractivity contribution in [3.05, 3.63) is 52.9 Å². The zero-order valence-corrected chi connectivity index (χ0v) is 16.5. The van der Waals surface area contributed by atoms with Gasteiger partial charge >= 0.3 is 0 Å². The highest BCUT2D eigenvalue weighted by atomic mass is 32.2. The van der Waals surface area contributed by atoms with Crippen LogP contribution in [-0.2, 0) is 9.59 Å². The molecule has 3 rings (SSSR count). The summed E-state index contributed by atoms with van der Waals surface area (Å²) in [5.74, 6) is -0.895. The summed E-state index contributed by atoms with van der Waals surface area (Å²) in [7, 11) is 2.77. The van der Waals surface area contributed by atoms with Crippen LogP contribution >= 0.6 is 11.8 Å². The lowest BCUT2D eigenvalue weighted by molar-refractivity contribution is -0.127. The van der Waals surface area contributed by atoms with Gasteiger partial charge in [0.2, 0.25) is 11.7 Å². The molecule has 0 radical (unpaired) electrons. The first-order valence-electron chi connectivity index (χ1n) is 8.48. The zero-order chi connectivity index (χ0) is 21.0. The Morgan fingerprint density at radius 2 is 1.76 bits per heavy atom. The van der Waals surface area contributed by atoms with E-state index in [2.05, 4.69) is 5.32 Å². The van der Waals surface area contributed by atoms with Crippen LogP contribution in [0.1, 0.15) is 5.56 Å². The van der Waals surface area contributed by atoms with Crippen molar-refractivity contribution >= 4 is 40.6 Å². The molecule has 150 valence electrons. The van der Waals surface area contributed by atoms with Gasteiger partial charge in [-0.15, -0.1) is 0 Å². The number of ether oxygens (including phenoxy) is 2. The molecule has 1 aliphatic rings. The Bertz CT molecular complexity index is 965. The molecule has 9 heteroatoms. The number of nitrogens with one attached hydrogen (secondary N) is 1. The number of phenols is 1. The number of hydrogen-bond donors (Lipinski definition) is 2. The largest absolute Gasteiger partial charge is 0.502 e. The number of nitrogens with zero attached hydrogens (tertiary/aromatic N) is 1. The van der Waals surface area contributed by atoms with Crippen LogP contribution in [-0.4, -0.2) is 47.8 Å². The molecule has 0 saturated carbocycles. The van der Waals surface area contributed by atoms with Crippen LogP contribution in [0.3, 0.4) is 0 Å². The van der Waals surface area contributed by atoms with E-state index >= 15 is 0 Å². The Balaban J connectivity index is 1.77. The summed E-state index contributed by atoms with van der Waals surface area (Å²) in [5, 5.41) is 12.1. The third-order valence-corrected chi connectivity index (χ3v) is 4.94. The van der Waals surface area contributed by atoms with Crippen molar-refractivity contribution in [3.8, 4) is 17.2 Å². The fourth-order valence-electron chi connectivity index (χ4n) is 2.65. The number of rotatable bonds is 6. The van der Waals surface area contributed by atoms with Gasteiger partial charge in [-0.1, -0.05) is 18.2 Å². The third kappa shape index (κ3) is 4.52. The molecule has 2 N–H and O–H groups in total. The van der Waals surface area contributed by atoms with E-state index in [0.717, 1.165) is 16.7 Å². The second kappa shape index (κ2) is 8.70. The number of amides is 3. The zero-order valence-electron chi connectivity index (χ0n) is 15.7. The Labute approximate surface area is 171 Å². The third-order valence-electron chi connectivity index (χ3n) is 4.03. The lowest BCUT2D eigenvalue weighted by Crippen LogP contribution is -2.36. The van der Waals surface area contributed by atoms with E-state index < -0.39 is 17.1 Å². The highest BCUT2D eigenvalue weighted by molar-refractivity contribution is 8.18. The van der Waals surface area contributed by atoms with Crippen LogP contribution < -0.4 is 14.8 Å². The SMILES string of the molecule is COc1cc(/C=C2\SC(=O)N(CC(=O)Nc3ccccc3)C2=O)cc(OC)c1O. The van der Waals surface area contributed by atoms with E-state index in [4.69, 9.17) is 9.47 Å². The molecule has 1 aliphatic heterocycles. The summed E-state index contributed by atoms with van der Waals surface area (Å²) in [4.78, 5) is 38.1. The fourth-order valence-corrected chi connectivity index (χ4v) is 3.49. The number of benzene rings is 2. The molecule has 0 bridgehead atoms. The first kappa shape index (κ1) is 20.3. The molecule has 0 unspecified atom stereocenters. The minimum Gasteiger partial charge on any atom is -0.502 e. The van der Waals surface area contributed by atoms with Crippen molar-refractivity contribution < 1.29 is 29.0 Å². The summed E-state index contributed by atoms with van der Waals surface area (Å²) < 4.78 is 10.2. The van der Waals surface area contributed by atoms with E-state index in [0.29, 0.717) is 11.3 Å². The molecule has 29 heavy (non-hydrogen) atoms. The number of carbonyl (C=O) groups excluding carboxylic acids is 3. The molecule has 0 atom stereocenters. The van der Waals surface area contributed by atoms with Crippen LogP contribution in [0.2, 0.25) is 0 Å². The number of methoxy groups -OCH3 is 2. The number of hydrogen-bond acceptors (Lipinski definition) is 7. The number of anilines is 1. The summed E-state index contributed by atoms with van der Waals surface area (Å²) in [6.45, 7) is -0.390. The van der Waals surface area contributed by atoms with Gasteiger partial charge < -0.3 is 19.9 Å². The van der Waals surface area contributed by atoms with Gasteiger partial charge in [-0.25, -0.2) is 0 Å². The molecular formula is C20H18N2O6S. The van der Waals surface area contributed by atoms with Gasteiger partial charge in [0.05, 0.1) is 19.1 Å². The molecule has 2 aromatic rings. The van der Waals surface area contributed by atoms with Gasteiger partial charge in [0, 0.05) is 5.69 Å². The maximum atomic E-state index is 12.6. The van der Waals surface area contributed by atoms with Gasteiger partial charge in [0.25, 0.3) is 11.1 Å². The van der Waals surface area contributed by atoms with E-state index in [1.54, 1.807) is 24.3 Å². The Morgan fingerprint density at radius 3 is 2.34 bits per heavy atom. The molecule has 8 nitrogen and oxygen atoms in total. The van der Waals surface area contributed by atoms with Gasteiger partial charge in [0.1, 0.15) is 6.54 Å². The van der Waals surface area contributed by atoms with Gasteiger partial charge in [0.15, 0.2) is 11.5 Å². The van der Waals surface area contributed by atoms with Crippen LogP contribution in [0.4, 0.5) is 10.5 Å². The average Bonchev–Trinajstić information content (AvgIpc) is 2.97. The number of imide groups is 1. The van der Waals surface area contributed by atoms with E-state index in [-0.39, 0.29) is 28.7 Å². The molecule has 1 heterocycles. The fraction of sp³-hybridized carbons (Fsp3) is 0.150. The van der Waals surface area contributed by atoms with Crippen molar-refractivity contribution in [2.24, 2.45) is 0 Å². The molecule has 1 saturated heterocycles. The van der Waals surface area contributed by atoms with Crippen LogP contribution in [0.5, 0.6) is 17.2 Å². The van der Waals surface area contributed by atoms with E-state index in [9.17, 15) is 19.5 Å². The van der Waals surface area contributed by atoms with Crippen molar-refractivity contribution in [1.29, 1.82) is 0 Å². The Kier molecular flexibility index (Phi) is 6.08. The highest BCUT2D eigenvalue weighted by Crippen LogP contribution is 2.39. The predicted molar refractivity (Wildman–Crippen MR) is 109 cm³/mol. The van der Waals surface area contributed by atoms with Gasteiger partial charge in [-0.05, 0) is 47.7 Å². The van der Waals surface area contributed by atoms with E-state index in [1.165, 1.54) is 32.4 Å². The van der Waals surface area contributed by atoms with Crippen molar-refractivity contribution in [3.63, 3.8) is 0 Å². The number of aromatic hydroxyl groups is 1. The normalized spacial score (nSPS) is 15.0. The molecular weight excluding hydrogens is 396 g/mol. The molecule has 0 aromatic heterocycles. The maximum absolute atomic E-state index is 12.6. The summed E-state index contributed by atoms with van der Waals surface area (Å²) in [5.41, 5.74) is 1.07. The Hall–Kier alpha value is -3.46. The molecule has 2 aromatic carbocycles. The Morgan fingerprint density at radius 1 is 1.14 bits per heavy atom. The molecule has 3 amide bonds. The first-order chi connectivity index (χ1) is 13.9. The standard InChI is InChI=1S/C20H18N2O6S/c1-27-14-8-12(9-15(28-2)18(14)24)10-16-19(25)22(20(26)29-16)11-17(23)21-13-6-4-3-5-7-13/h3-10,24H,11H2,1-2H3,(H,21,23)/b16-10-. The highest BCUT2D eigenvalue weighted by Gasteiger charge is 2.36. The van der Waals surface area contributed by atoms with Crippen molar-refractivity contribution in [2.75, 3.05) is 26.1 Å². The van der Waals surface area contributed by atoms with Gasteiger partial charge in [-0.2, -0.15) is 0 Å². The second-order valence-electron chi connectivity index (χ2n) is 5.96. The number of carbonyl (C=O) groups is 3. The topological polar surface area (TPSA) is 105 Å². The molecule has 0 aliphatic carbocycles. The quantitative estimate of drug-likeness (QED) is 0.700. The second-order valence-corrected chi connectivity index (χ2v) is 6.95. The number of thioether (sulfide) groups is 1. The lowest BCUT2D eigenvalue weighted by atomic mass is 10.1. The van der Waals surface area contributed by atoms with Gasteiger partial charge in [-0.3, -0.25) is 19.3 Å². The summed E-state index contributed by atoms with van der Waals surface area (Å²) in [6.07, 6.45) is 1.48. The number of phenolic OH excluding ortho intramolecular Hbond substituents is 1. The monoisotopic (exact) mass is 414 g/mol. The van der Waals surface area contributed by atoms with Crippen LogP contribution in [0.15, 0.2) is 47.4 Å². The summed E-state index contributed by atoms with van der Waals surface area (Å²) >= 11 is 0.730.